The van der Waals surface area contributed by atoms with Crippen molar-refractivity contribution in [2.24, 2.45) is 5.73 Å². The predicted molar refractivity (Wildman–Crippen MR) is 67.7 cm³/mol. The molecule has 0 aliphatic rings. The SMILES string of the molecule is CCC(N)CC(=O)Nc1ccc(C#N)cc1C(F)(F)F. The second-order valence-corrected chi connectivity index (χ2v) is 4.29. The third-order valence-corrected chi connectivity index (χ3v) is 2.70. The van der Waals surface area contributed by atoms with Crippen molar-refractivity contribution in [1.82, 2.24) is 0 Å². The lowest BCUT2D eigenvalue weighted by atomic mass is 10.1. The minimum atomic E-state index is -4.65. The van der Waals surface area contributed by atoms with E-state index in [0.717, 1.165) is 6.07 Å². The van der Waals surface area contributed by atoms with Gasteiger partial charge < -0.3 is 11.1 Å². The number of rotatable bonds is 4. The van der Waals surface area contributed by atoms with Gasteiger partial charge in [0.05, 0.1) is 22.9 Å². The Balaban J connectivity index is 3.01. The fraction of sp³-hybridized carbons (Fsp3) is 0.385. The van der Waals surface area contributed by atoms with Crippen molar-refractivity contribution in [2.75, 3.05) is 5.32 Å². The van der Waals surface area contributed by atoms with Crippen molar-refractivity contribution >= 4 is 11.6 Å². The van der Waals surface area contributed by atoms with E-state index in [2.05, 4.69) is 5.32 Å². The van der Waals surface area contributed by atoms with Gasteiger partial charge in [-0.15, -0.1) is 0 Å². The average Bonchev–Trinajstić information content (AvgIpc) is 2.37. The predicted octanol–water partition coefficient (Wildman–Crippen LogP) is 2.64. The first-order valence-corrected chi connectivity index (χ1v) is 5.94. The summed E-state index contributed by atoms with van der Waals surface area (Å²) < 4.78 is 38.6. The summed E-state index contributed by atoms with van der Waals surface area (Å²) in [4.78, 5) is 11.6. The zero-order valence-corrected chi connectivity index (χ0v) is 10.8. The summed E-state index contributed by atoms with van der Waals surface area (Å²) >= 11 is 0. The van der Waals surface area contributed by atoms with E-state index < -0.39 is 23.7 Å². The number of hydrogen-bond acceptors (Lipinski definition) is 3. The van der Waals surface area contributed by atoms with E-state index in [1.54, 1.807) is 13.0 Å². The molecule has 0 aromatic heterocycles. The largest absolute Gasteiger partial charge is 0.418 e. The fourth-order valence-electron chi connectivity index (χ4n) is 1.54. The Kier molecular flexibility index (Phi) is 5.11. The van der Waals surface area contributed by atoms with Gasteiger partial charge in [0, 0.05) is 12.5 Å². The number of anilines is 1. The molecule has 0 heterocycles. The molecule has 0 saturated carbocycles. The van der Waals surface area contributed by atoms with E-state index in [1.165, 1.54) is 6.07 Å². The van der Waals surface area contributed by atoms with Crippen LogP contribution < -0.4 is 11.1 Å². The molecule has 1 rings (SSSR count). The zero-order valence-electron chi connectivity index (χ0n) is 10.8. The van der Waals surface area contributed by atoms with Gasteiger partial charge in [0.25, 0.3) is 0 Å². The molecular formula is C13H14F3N3O. The molecule has 7 heteroatoms. The van der Waals surface area contributed by atoms with E-state index in [4.69, 9.17) is 11.0 Å². The maximum atomic E-state index is 12.9. The van der Waals surface area contributed by atoms with E-state index in [9.17, 15) is 18.0 Å². The van der Waals surface area contributed by atoms with E-state index in [0.29, 0.717) is 12.5 Å². The summed E-state index contributed by atoms with van der Waals surface area (Å²) in [5.41, 5.74) is 4.03. The van der Waals surface area contributed by atoms with Gasteiger partial charge in [-0.3, -0.25) is 4.79 Å². The van der Waals surface area contributed by atoms with Gasteiger partial charge in [-0.05, 0) is 24.6 Å². The Morgan fingerprint density at radius 1 is 1.50 bits per heavy atom. The molecule has 1 atom stereocenters. The second kappa shape index (κ2) is 6.39. The van der Waals surface area contributed by atoms with Gasteiger partial charge in [-0.2, -0.15) is 18.4 Å². The number of carbonyl (C=O) groups is 1. The molecule has 4 nitrogen and oxygen atoms in total. The lowest BCUT2D eigenvalue weighted by Gasteiger charge is -2.15. The van der Waals surface area contributed by atoms with Crippen LogP contribution in [0.2, 0.25) is 0 Å². The lowest BCUT2D eigenvalue weighted by Crippen LogP contribution is -2.27. The van der Waals surface area contributed by atoms with Crippen LogP contribution in [-0.2, 0) is 11.0 Å². The summed E-state index contributed by atoms with van der Waals surface area (Å²) in [5.74, 6) is -0.588. The number of nitriles is 1. The third-order valence-electron chi connectivity index (χ3n) is 2.70. The smallest absolute Gasteiger partial charge is 0.327 e. The molecule has 0 radical (unpaired) electrons. The second-order valence-electron chi connectivity index (χ2n) is 4.29. The highest BCUT2D eigenvalue weighted by Gasteiger charge is 2.34. The van der Waals surface area contributed by atoms with Gasteiger partial charge >= 0.3 is 6.18 Å². The van der Waals surface area contributed by atoms with Crippen molar-refractivity contribution in [1.29, 1.82) is 5.26 Å². The average molecular weight is 285 g/mol. The first-order valence-electron chi connectivity index (χ1n) is 5.94. The molecule has 1 amide bonds. The molecule has 108 valence electrons. The first-order chi connectivity index (χ1) is 9.27. The highest BCUT2D eigenvalue weighted by Crippen LogP contribution is 2.35. The van der Waals surface area contributed by atoms with Crippen LogP contribution in [0.1, 0.15) is 30.9 Å². The molecule has 0 aliphatic carbocycles. The number of nitrogens with one attached hydrogen (secondary N) is 1. The number of halogens is 3. The molecule has 1 aromatic carbocycles. The molecule has 0 bridgehead atoms. The number of amides is 1. The number of benzene rings is 1. The Morgan fingerprint density at radius 2 is 2.15 bits per heavy atom. The van der Waals surface area contributed by atoms with Crippen LogP contribution in [0.25, 0.3) is 0 Å². The highest BCUT2D eigenvalue weighted by atomic mass is 19.4. The van der Waals surface area contributed by atoms with Gasteiger partial charge in [-0.1, -0.05) is 6.92 Å². The maximum Gasteiger partial charge on any atom is 0.418 e. The van der Waals surface area contributed by atoms with Crippen LogP contribution in [0.15, 0.2) is 18.2 Å². The normalized spacial score (nSPS) is 12.6. The molecule has 0 saturated heterocycles. The highest BCUT2D eigenvalue weighted by molar-refractivity contribution is 5.92. The van der Waals surface area contributed by atoms with Crippen molar-refractivity contribution in [2.45, 2.75) is 32.0 Å². The van der Waals surface area contributed by atoms with E-state index >= 15 is 0 Å². The number of alkyl halides is 3. The molecule has 3 N–H and O–H groups in total. The Morgan fingerprint density at radius 3 is 2.65 bits per heavy atom. The van der Waals surface area contributed by atoms with Crippen molar-refractivity contribution in [3.63, 3.8) is 0 Å². The standard InChI is InChI=1S/C13H14F3N3O/c1-2-9(18)6-12(20)19-11-4-3-8(7-17)5-10(11)13(14,15)16/h3-5,9H,2,6,18H2,1H3,(H,19,20). The van der Waals surface area contributed by atoms with Crippen LogP contribution >= 0.6 is 0 Å². The molecule has 1 unspecified atom stereocenters. The van der Waals surface area contributed by atoms with Crippen molar-refractivity contribution in [3.05, 3.63) is 29.3 Å². The molecular weight excluding hydrogens is 271 g/mol. The zero-order chi connectivity index (χ0) is 15.3. The molecule has 0 aliphatic heterocycles. The third kappa shape index (κ3) is 4.24. The minimum Gasteiger partial charge on any atom is -0.327 e. The van der Waals surface area contributed by atoms with Crippen LogP contribution in [0.5, 0.6) is 0 Å². The van der Waals surface area contributed by atoms with E-state index in [-0.39, 0.29) is 17.7 Å². The number of carbonyl (C=O) groups excluding carboxylic acids is 1. The molecule has 1 aromatic rings. The monoisotopic (exact) mass is 285 g/mol. The van der Waals surface area contributed by atoms with Crippen LogP contribution in [0, 0.1) is 11.3 Å². The van der Waals surface area contributed by atoms with E-state index in [1.807, 2.05) is 0 Å². The van der Waals surface area contributed by atoms with Crippen LogP contribution in [0.3, 0.4) is 0 Å². The molecule has 0 fully saturated rings. The van der Waals surface area contributed by atoms with Crippen LogP contribution in [-0.4, -0.2) is 11.9 Å². The molecule has 0 spiro atoms. The van der Waals surface area contributed by atoms with Gasteiger partial charge in [0.1, 0.15) is 0 Å². The number of hydrogen-bond donors (Lipinski definition) is 2. The van der Waals surface area contributed by atoms with Gasteiger partial charge in [0.15, 0.2) is 0 Å². The fourth-order valence-corrected chi connectivity index (χ4v) is 1.54. The summed E-state index contributed by atoms with van der Waals surface area (Å²) in [5, 5.41) is 10.8. The molecule has 20 heavy (non-hydrogen) atoms. The maximum absolute atomic E-state index is 12.9. The summed E-state index contributed by atoms with van der Waals surface area (Å²) in [6.45, 7) is 1.78. The quantitative estimate of drug-likeness (QED) is 0.892. The summed E-state index contributed by atoms with van der Waals surface area (Å²) in [6, 6.07) is 4.21. The van der Waals surface area contributed by atoms with Gasteiger partial charge in [-0.25, -0.2) is 0 Å². The Bertz CT molecular complexity index is 535. The minimum absolute atomic E-state index is 0.0617. The van der Waals surface area contributed by atoms with Gasteiger partial charge in [0.2, 0.25) is 5.91 Å². The van der Waals surface area contributed by atoms with Crippen molar-refractivity contribution in [3.8, 4) is 6.07 Å². The van der Waals surface area contributed by atoms with Crippen molar-refractivity contribution < 1.29 is 18.0 Å². The number of nitrogens with two attached hydrogens (primary N) is 1. The van der Waals surface area contributed by atoms with Crippen LogP contribution in [0.4, 0.5) is 18.9 Å². The number of nitrogens with zero attached hydrogens (tertiary/aromatic N) is 1. The topological polar surface area (TPSA) is 78.9 Å². The lowest BCUT2D eigenvalue weighted by molar-refractivity contribution is -0.137. The Hall–Kier alpha value is -2.07. The first kappa shape index (κ1) is 16.0. The summed E-state index contributed by atoms with van der Waals surface area (Å²) in [7, 11) is 0. The Labute approximate surface area is 114 Å². The summed E-state index contributed by atoms with van der Waals surface area (Å²) in [6.07, 6.45) is -4.16.